The van der Waals surface area contributed by atoms with Crippen molar-refractivity contribution in [2.24, 2.45) is 11.7 Å². The summed E-state index contributed by atoms with van der Waals surface area (Å²) in [6.07, 6.45) is 2.31. The summed E-state index contributed by atoms with van der Waals surface area (Å²) in [6, 6.07) is 6.01. The van der Waals surface area contributed by atoms with Gasteiger partial charge in [0.1, 0.15) is 5.75 Å². The highest BCUT2D eigenvalue weighted by Gasteiger charge is 1.99. The van der Waals surface area contributed by atoms with Crippen LogP contribution in [0.3, 0.4) is 0 Å². The Labute approximate surface area is 111 Å². The quantitative estimate of drug-likeness (QED) is 0.639. The van der Waals surface area contributed by atoms with Crippen LogP contribution in [0, 0.1) is 24.7 Å². The first-order chi connectivity index (χ1) is 8.63. The van der Waals surface area contributed by atoms with Crippen LogP contribution in [0.2, 0.25) is 0 Å². The second-order valence-corrected chi connectivity index (χ2v) is 4.87. The number of nitrogens with two attached hydrogens (primary N) is 1. The van der Waals surface area contributed by atoms with Crippen LogP contribution in [-0.2, 0) is 0 Å². The SMILES string of the molecule is Cc1cc(OCCCC(C)C)ccc1C#CCN. The molecule has 1 aromatic rings. The first-order valence-electron chi connectivity index (χ1n) is 6.56. The van der Waals surface area contributed by atoms with Gasteiger partial charge in [0.05, 0.1) is 13.2 Å². The number of ether oxygens (including phenoxy) is 1. The van der Waals surface area contributed by atoms with Gasteiger partial charge in [-0.2, -0.15) is 0 Å². The van der Waals surface area contributed by atoms with E-state index in [1.54, 1.807) is 0 Å². The zero-order valence-corrected chi connectivity index (χ0v) is 11.6. The molecule has 0 amide bonds. The third-order valence-corrected chi connectivity index (χ3v) is 2.72. The van der Waals surface area contributed by atoms with E-state index in [9.17, 15) is 0 Å². The van der Waals surface area contributed by atoms with E-state index in [0.29, 0.717) is 6.54 Å². The van der Waals surface area contributed by atoms with Gasteiger partial charge in [-0.25, -0.2) is 0 Å². The van der Waals surface area contributed by atoms with Crippen LogP contribution in [0.5, 0.6) is 5.75 Å². The molecule has 0 saturated heterocycles. The molecular weight excluding hydrogens is 222 g/mol. The molecule has 0 fully saturated rings. The van der Waals surface area contributed by atoms with Crippen molar-refractivity contribution in [3.63, 3.8) is 0 Å². The zero-order valence-electron chi connectivity index (χ0n) is 11.6. The van der Waals surface area contributed by atoms with Crippen LogP contribution in [0.15, 0.2) is 18.2 Å². The van der Waals surface area contributed by atoms with Crippen LogP contribution >= 0.6 is 0 Å². The van der Waals surface area contributed by atoms with E-state index in [2.05, 4.69) is 25.7 Å². The number of hydrogen-bond acceptors (Lipinski definition) is 2. The molecule has 2 nitrogen and oxygen atoms in total. The lowest BCUT2D eigenvalue weighted by atomic mass is 10.1. The first-order valence-corrected chi connectivity index (χ1v) is 6.56. The molecule has 18 heavy (non-hydrogen) atoms. The van der Waals surface area contributed by atoms with E-state index in [-0.39, 0.29) is 0 Å². The Morgan fingerprint density at radius 1 is 1.33 bits per heavy atom. The fourth-order valence-electron chi connectivity index (χ4n) is 1.69. The third kappa shape index (κ3) is 5.25. The number of aryl methyl sites for hydroxylation is 1. The maximum Gasteiger partial charge on any atom is 0.119 e. The second kappa shape index (κ2) is 7.79. The first kappa shape index (κ1) is 14.6. The van der Waals surface area contributed by atoms with Gasteiger partial charge in [0.15, 0.2) is 0 Å². The molecule has 0 bridgehead atoms. The van der Waals surface area contributed by atoms with Crippen molar-refractivity contribution in [1.29, 1.82) is 0 Å². The number of rotatable bonds is 5. The molecule has 0 spiro atoms. The van der Waals surface area contributed by atoms with Crippen LogP contribution in [0.25, 0.3) is 0 Å². The minimum Gasteiger partial charge on any atom is -0.494 e. The molecule has 2 heteroatoms. The van der Waals surface area contributed by atoms with E-state index in [1.165, 1.54) is 6.42 Å². The van der Waals surface area contributed by atoms with Gasteiger partial charge in [0.2, 0.25) is 0 Å². The van der Waals surface area contributed by atoms with Gasteiger partial charge in [-0.15, -0.1) is 0 Å². The standard InChI is InChI=1S/C16H23NO/c1-13(2)6-5-11-18-16-9-8-15(7-4-10-17)14(3)12-16/h8-9,12-13H,5-6,10-11,17H2,1-3H3. The van der Waals surface area contributed by atoms with Crippen molar-refractivity contribution in [2.75, 3.05) is 13.2 Å². The van der Waals surface area contributed by atoms with Crippen molar-refractivity contribution in [2.45, 2.75) is 33.6 Å². The molecule has 0 aliphatic rings. The van der Waals surface area contributed by atoms with Crippen molar-refractivity contribution in [3.05, 3.63) is 29.3 Å². The Morgan fingerprint density at radius 3 is 2.72 bits per heavy atom. The normalized spacial score (nSPS) is 10.1. The lowest BCUT2D eigenvalue weighted by molar-refractivity contribution is 0.297. The summed E-state index contributed by atoms with van der Waals surface area (Å²) in [5, 5.41) is 0. The molecule has 0 unspecified atom stereocenters. The van der Waals surface area contributed by atoms with Gasteiger partial charge in [-0.3, -0.25) is 0 Å². The summed E-state index contributed by atoms with van der Waals surface area (Å²) in [5.74, 6) is 7.58. The Kier molecular flexibility index (Phi) is 6.32. The molecule has 0 aromatic heterocycles. The largest absolute Gasteiger partial charge is 0.494 e. The Hall–Kier alpha value is -1.46. The topological polar surface area (TPSA) is 35.2 Å². The third-order valence-electron chi connectivity index (χ3n) is 2.72. The fourth-order valence-corrected chi connectivity index (χ4v) is 1.69. The molecule has 2 N–H and O–H groups in total. The smallest absolute Gasteiger partial charge is 0.119 e. The van der Waals surface area contributed by atoms with E-state index >= 15 is 0 Å². The molecule has 0 aliphatic heterocycles. The van der Waals surface area contributed by atoms with Gasteiger partial charge in [0.25, 0.3) is 0 Å². The summed E-state index contributed by atoms with van der Waals surface area (Å²) in [4.78, 5) is 0. The van der Waals surface area contributed by atoms with Crippen molar-refractivity contribution in [1.82, 2.24) is 0 Å². The van der Waals surface area contributed by atoms with Crippen molar-refractivity contribution in [3.8, 4) is 17.6 Å². The van der Waals surface area contributed by atoms with Crippen LogP contribution in [0.4, 0.5) is 0 Å². The van der Waals surface area contributed by atoms with Gasteiger partial charge in [-0.05, 0) is 49.4 Å². The van der Waals surface area contributed by atoms with E-state index in [1.807, 2.05) is 25.1 Å². The summed E-state index contributed by atoms with van der Waals surface area (Å²) in [5.41, 5.74) is 7.52. The maximum absolute atomic E-state index is 5.72. The lowest BCUT2D eigenvalue weighted by Gasteiger charge is -2.09. The maximum atomic E-state index is 5.72. The summed E-state index contributed by atoms with van der Waals surface area (Å²) < 4.78 is 5.72. The highest BCUT2D eigenvalue weighted by atomic mass is 16.5. The minimum absolute atomic E-state index is 0.396. The monoisotopic (exact) mass is 245 g/mol. The number of hydrogen-bond donors (Lipinski definition) is 1. The molecule has 0 aliphatic carbocycles. The van der Waals surface area contributed by atoms with Crippen LogP contribution < -0.4 is 10.5 Å². The summed E-state index contributed by atoms with van der Waals surface area (Å²) in [7, 11) is 0. The number of benzene rings is 1. The second-order valence-electron chi connectivity index (χ2n) is 4.87. The predicted octanol–water partition coefficient (Wildman–Crippen LogP) is 3.12. The van der Waals surface area contributed by atoms with Gasteiger partial charge >= 0.3 is 0 Å². The fraction of sp³-hybridized carbons (Fsp3) is 0.500. The average Bonchev–Trinajstić information content (AvgIpc) is 2.33. The Bertz CT molecular complexity index is 426. The molecular formula is C16H23NO. The van der Waals surface area contributed by atoms with Crippen LogP contribution in [-0.4, -0.2) is 13.2 Å². The van der Waals surface area contributed by atoms with E-state index in [0.717, 1.165) is 35.8 Å². The molecule has 1 aromatic carbocycles. The van der Waals surface area contributed by atoms with Crippen LogP contribution in [0.1, 0.15) is 37.8 Å². The van der Waals surface area contributed by atoms with Crippen molar-refractivity contribution < 1.29 is 4.74 Å². The van der Waals surface area contributed by atoms with Gasteiger partial charge in [0, 0.05) is 5.56 Å². The Morgan fingerprint density at radius 2 is 2.11 bits per heavy atom. The van der Waals surface area contributed by atoms with Crippen molar-refractivity contribution >= 4 is 0 Å². The molecule has 98 valence electrons. The zero-order chi connectivity index (χ0) is 13.4. The molecule has 0 radical (unpaired) electrons. The summed E-state index contributed by atoms with van der Waals surface area (Å²) >= 11 is 0. The van der Waals surface area contributed by atoms with Gasteiger partial charge in [-0.1, -0.05) is 25.7 Å². The molecule has 0 atom stereocenters. The van der Waals surface area contributed by atoms with E-state index in [4.69, 9.17) is 10.5 Å². The van der Waals surface area contributed by atoms with Gasteiger partial charge < -0.3 is 10.5 Å². The molecule has 0 saturated carbocycles. The lowest BCUT2D eigenvalue weighted by Crippen LogP contribution is -2.00. The summed E-state index contributed by atoms with van der Waals surface area (Å²) in [6.45, 7) is 7.68. The highest BCUT2D eigenvalue weighted by molar-refractivity contribution is 5.44. The Balaban J connectivity index is 2.51. The molecule has 1 rings (SSSR count). The highest BCUT2D eigenvalue weighted by Crippen LogP contribution is 2.17. The predicted molar refractivity (Wildman–Crippen MR) is 76.7 cm³/mol. The minimum atomic E-state index is 0.396. The van der Waals surface area contributed by atoms with E-state index < -0.39 is 0 Å². The molecule has 0 heterocycles. The average molecular weight is 245 g/mol.